The van der Waals surface area contributed by atoms with Gasteiger partial charge in [-0.25, -0.2) is 0 Å². The molecule has 166 valence electrons. The lowest BCUT2D eigenvalue weighted by molar-refractivity contribution is 0.112. The Morgan fingerprint density at radius 3 is 2.09 bits per heavy atom. The molecular formula is C30H29NOS. The molecule has 3 heteroatoms. The second-order valence-corrected chi connectivity index (χ2v) is 9.14. The Morgan fingerprint density at radius 1 is 0.727 bits per heavy atom. The molecule has 0 aliphatic carbocycles. The van der Waals surface area contributed by atoms with Crippen molar-refractivity contribution in [2.45, 2.75) is 36.8 Å². The maximum atomic E-state index is 11.2. The van der Waals surface area contributed by atoms with Gasteiger partial charge in [0.2, 0.25) is 0 Å². The van der Waals surface area contributed by atoms with Crippen LogP contribution >= 0.6 is 11.8 Å². The number of unbranched alkanes of at least 4 members (excludes halogenated alkanes) is 1. The van der Waals surface area contributed by atoms with Gasteiger partial charge in [0.15, 0.2) is 0 Å². The van der Waals surface area contributed by atoms with Crippen LogP contribution in [0.4, 0.5) is 17.1 Å². The third-order valence-electron chi connectivity index (χ3n) is 5.63. The first-order chi connectivity index (χ1) is 16.3. The molecule has 0 bridgehead atoms. The molecule has 2 nitrogen and oxygen atoms in total. The molecule has 4 aromatic carbocycles. The van der Waals surface area contributed by atoms with Crippen molar-refractivity contribution in [3.05, 3.63) is 120 Å². The third-order valence-corrected chi connectivity index (χ3v) is 6.69. The van der Waals surface area contributed by atoms with Crippen LogP contribution in [0.25, 0.3) is 0 Å². The quantitative estimate of drug-likeness (QED) is 0.178. The summed E-state index contributed by atoms with van der Waals surface area (Å²) >= 11 is 1.84. The fourth-order valence-corrected chi connectivity index (χ4v) is 4.70. The highest BCUT2D eigenvalue weighted by Crippen LogP contribution is 2.37. The largest absolute Gasteiger partial charge is 0.310 e. The number of carbonyl (C=O) groups is 1. The van der Waals surface area contributed by atoms with E-state index in [0.717, 1.165) is 35.5 Å². The summed E-state index contributed by atoms with van der Waals surface area (Å²) in [5, 5.41) is 0. The smallest absolute Gasteiger partial charge is 0.150 e. The van der Waals surface area contributed by atoms with Crippen LogP contribution in [-0.2, 0) is 12.2 Å². The number of nitrogens with zero attached hydrogens (tertiary/aromatic N) is 1. The number of rotatable bonds is 10. The SMILES string of the molecule is CCCCc1ccc(N(c2ccc(C=O)cc2)c2cccc(SCc3ccccc3)c2)cc1. The van der Waals surface area contributed by atoms with Crippen molar-refractivity contribution in [1.82, 2.24) is 0 Å². The number of benzene rings is 4. The molecule has 0 radical (unpaired) electrons. The van der Waals surface area contributed by atoms with E-state index in [1.807, 2.05) is 36.0 Å². The van der Waals surface area contributed by atoms with Gasteiger partial charge in [0.25, 0.3) is 0 Å². The molecule has 0 atom stereocenters. The highest BCUT2D eigenvalue weighted by atomic mass is 32.2. The van der Waals surface area contributed by atoms with Crippen LogP contribution in [-0.4, -0.2) is 6.29 Å². The van der Waals surface area contributed by atoms with Crippen LogP contribution in [0, 0.1) is 0 Å². The van der Waals surface area contributed by atoms with Gasteiger partial charge in [0.1, 0.15) is 6.29 Å². The molecule has 4 rings (SSSR count). The molecule has 0 aromatic heterocycles. The number of aryl methyl sites for hydroxylation is 1. The lowest BCUT2D eigenvalue weighted by Crippen LogP contribution is -2.10. The summed E-state index contributed by atoms with van der Waals surface area (Å²) < 4.78 is 0. The first-order valence-electron chi connectivity index (χ1n) is 11.5. The summed E-state index contributed by atoms with van der Waals surface area (Å²) in [5.74, 6) is 0.935. The molecule has 0 aliphatic rings. The average Bonchev–Trinajstić information content (AvgIpc) is 2.88. The van der Waals surface area contributed by atoms with Crippen molar-refractivity contribution >= 4 is 35.1 Å². The Kier molecular flexibility index (Phi) is 7.99. The predicted octanol–water partition coefficient (Wildman–Crippen LogP) is 8.60. The van der Waals surface area contributed by atoms with Crippen LogP contribution in [0.1, 0.15) is 41.3 Å². The molecule has 33 heavy (non-hydrogen) atoms. The molecule has 0 fully saturated rings. The van der Waals surface area contributed by atoms with Crippen molar-refractivity contribution in [3.8, 4) is 0 Å². The van der Waals surface area contributed by atoms with Gasteiger partial charge in [-0.05, 0) is 78.6 Å². The monoisotopic (exact) mass is 451 g/mol. The van der Waals surface area contributed by atoms with Crippen molar-refractivity contribution < 1.29 is 4.79 Å². The van der Waals surface area contributed by atoms with Crippen LogP contribution in [0.3, 0.4) is 0 Å². The minimum atomic E-state index is 0.681. The summed E-state index contributed by atoms with van der Waals surface area (Å²) in [5.41, 5.74) is 6.61. The maximum Gasteiger partial charge on any atom is 0.150 e. The zero-order valence-corrected chi connectivity index (χ0v) is 19.8. The molecule has 0 heterocycles. The van der Waals surface area contributed by atoms with E-state index in [1.165, 1.54) is 28.9 Å². The lowest BCUT2D eigenvalue weighted by atomic mass is 10.1. The zero-order chi connectivity index (χ0) is 22.9. The first kappa shape index (κ1) is 22.9. The number of aldehydes is 1. The number of hydrogen-bond donors (Lipinski definition) is 0. The summed E-state index contributed by atoms with van der Waals surface area (Å²) in [6.45, 7) is 2.22. The molecule has 0 spiro atoms. The molecule has 4 aromatic rings. The van der Waals surface area contributed by atoms with E-state index in [4.69, 9.17) is 0 Å². The van der Waals surface area contributed by atoms with E-state index in [2.05, 4.69) is 90.7 Å². The van der Waals surface area contributed by atoms with E-state index >= 15 is 0 Å². The highest BCUT2D eigenvalue weighted by Gasteiger charge is 2.13. The van der Waals surface area contributed by atoms with E-state index in [1.54, 1.807) is 0 Å². The Morgan fingerprint density at radius 2 is 1.42 bits per heavy atom. The molecule has 0 saturated carbocycles. The van der Waals surface area contributed by atoms with E-state index in [-0.39, 0.29) is 0 Å². The van der Waals surface area contributed by atoms with Gasteiger partial charge in [0, 0.05) is 33.3 Å². The van der Waals surface area contributed by atoms with E-state index in [9.17, 15) is 4.79 Å². The fraction of sp³-hybridized carbons (Fsp3) is 0.167. The van der Waals surface area contributed by atoms with Gasteiger partial charge in [0.05, 0.1) is 0 Å². The van der Waals surface area contributed by atoms with Crippen molar-refractivity contribution in [3.63, 3.8) is 0 Å². The second-order valence-electron chi connectivity index (χ2n) is 8.09. The average molecular weight is 452 g/mol. The van der Waals surface area contributed by atoms with Crippen LogP contribution in [0.5, 0.6) is 0 Å². The molecule has 0 N–H and O–H groups in total. The van der Waals surface area contributed by atoms with E-state index < -0.39 is 0 Å². The van der Waals surface area contributed by atoms with Crippen molar-refractivity contribution in [2.24, 2.45) is 0 Å². The third kappa shape index (κ3) is 6.15. The summed E-state index contributed by atoms with van der Waals surface area (Å²) in [6.07, 6.45) is 4.40. The van der Waals surface area contributed by atoms with Gasteiger partial charge in [-0.15, -0.1) is 11.8 Å². The van der Waals surface area contributed by atoms with Gasteiger partial charge in [-0.2, -0.15) is 0 Å². The molecular weight excluding hydrogens is 422 g/mol. The Bertz CT molecular complexity index is 1150. The lowest BCUT2D eigenvalue weighted by Gasteiger charge is -2.26. The Labute approximate surface area is 201 Å². The minimum absolute atomic E-state index is 0.681. The van der Waals surface area contributed by atoms with Gasteiger partial charge >= 0.3 is 0 Å². The predicted molar refractivity (Wildman–Crippen MR) is 141 cm³/mol. The standard InChI is InChI=1S/C30H29NOS/c1-2-3-8-24-13-17-27(18-14-24)31(28-19-15-25(22-32)16-20-28)29-11-7-12-30(21-29)33-23-26-9-5-4-6-10-26/h4-7,9-22H,2-3,8,23H2,1H3. The number of anilines is 3. The summed E-state index contributed by atoms with van der Waals surface area (Å²) in [4.78, 5) is 14.7. The van der Waals surface area contributed by atoms with Crippen molar-refractivity contribution in [2.75, 3.05) is 4.90 Å². The molecule has 0 saturated heterocycles. The van der Waals surface area contributed by atoms with Crippen LogP contribution in [0.2, 0.25) is 0 Å². The number of hydrogen-bond acceptors (Lipinski definition) is 3. The Balaban J connectivity index is 1.64. The van der Waals surface area contributed by atoms with Gasteiger partial charge < -0.3 is 4.90 Å². The van der Waals surface area contributed by atoms with Gasteiger partial charge in [-0.3, -0.25) is 4.79 Å². The van der Waals surface area contributed by atoms with E-state index in [0.29, 0.717) is 5.56 Å². The highest BCUT2D eigenvalue weighted by molar-refractivity contribution is 7.98. The van der Waals surface area contributed by atoms with Crippen molar-refractivity contribution in [1.29, 1.82) is 0 Å². The Hall–Kier alpha value is -3.30. The topological polar surface area (TPSA) is 20.3 Å². The molecule has 0 unspecified atom stereocenters. The van der Waals surface area contributed by atoms with Crippen LogP contribution < -0.4 is 4.90 Å². The number of carbonyl (C=O) groups excluding carboxylic acids is 1. The summed E-state index contributed by atoms with van der Waals surface area (Å²) in [6, 6.07) is 35.8. The zero-order valence-electron chi connectivity index (χ0n) is 19.0. The minimum Gasteiger partial charge on any atom is -0.310 e. The number of thioether (sulfide) groups is 1. The fourth-order valence-electron chi connectivity index (χ4n) is 3.80. The second kappa shape index (κ2) is 11.5. The maximum absolute atomic E-state index is 11.2. The van der Waals surface area contributed by atoms with Crippen LogP contribution in [0.15, 0.2) is 108 Å². The molecule has 0 amide bonds. The normalized spacial score (nSPS) is 10.7. The molecule has 0 aliphatic heterocycles. The summed E-state index contributed by atoms with van der Waals surface area (Å²) in [7, 11) is 0. The first-order valence-corrected chi connectivity index (χ1v) is 12.5. The van der Waals surface area contributed by atoms with Gasteiger partial charge in [-0.1, -0.05) is 61.9 Å².